The molecule has 6 rings (SSSR count). The van der Waals surface area contributed by atoms with Crippen LogP contribution in [0.25, 0.3) is 10.9 Å². The van der Waals surface area contributed by atoms with Gasteiger partial charge in [-0.15, -0.1) is 0 Å². The Morgan fingerprint density at radius 2 is 1.78 bits per heavy atom. The van der Waals surface area contributed by atoms with Gasteiger partial charge >= 0.3 is 0 Å². The van der Waals surface area contributed by atoms with Crippen molar-refractivity contribution in [1.29, 1.82) is 0 Å². The summed E-state index contributed by atoms with van der Waals surface area (Å²) in [5, 5.41) is 4.03. The SMILES string of the molecule is O=C(NCc1ccc(F)cc1)[C@H]1Cc2c([nH]c3ccccc23)[C@@H]2c3ccccc3C(=O)N21. The van der Waals surface area contributed by atoms with Crippen molar-refractivity contribution in [3.8, 4) is 0 Å². The molecule has 0 unspecified atom stereocenters. The second-order valence-corrected chi connectivity index (χ2v) is 8.33. The van der Waals surface area contributed by atoms with Crippen molar-refractivity contribution < 1.29 is 14.0 Å². The van der Waals surface area contributed by atoms with Crippen LogP contribution in [-0.2, 0) is 17.8 Å². The first-order valence-corrected chi connectivity index (χ1v) is 10.6. The Morgan fingerprint density at radius 1 is 1.03 bits per heavy atom. The fraction of sp³-hybridized carbons (Fsp3) is 0.154. The van der Waals surface area contributed by atoms with Crippen molar-refractivity contribution in [3.05, 3.63) is 107 Å². The van der Waals surface area contributed by atoms with Crippen LogP contribution in [0.5, 0.6) is 0 Å². The number of benzene rings is 3. The zero-order chi connectivity index (χ0) is 21.8. The van der Waals surface area contributed by atoms with Gasteiger partial charge in [-0.1, -0.05) is 48.5 Å². The number of aromatic amines is 1. The molecule has 2 aliphatic heterocycles. The lowest BCUT2D eigenvalue weighted by Gasteiger charge is -2.37. The summed E-state index contributed by atoms with van der Waals surface area (Å²) in [6, 6.07) is 20.7. The van der Waals surface area contributed by atoms with Crippen molar-refractivity contribution in [3.63, 3.8) is 0 Å². The van der Waals surface area contributed by atoms with E-state index in [4.69, 9.17) is 0 Å². The quantitative estimate of drug-likeness (QED) is 0.519. The van der Waals surface area contributed by atoms with E-state index < -0.39 is 6.04 Å². The molecule has 0 radical (unpaired) electrons. The molecular formula is C26H20FN3O2. The largest absolute Gasteiger partial charge is 0.356 e. The highest BCUT2D eigenvalue weighted by Crippen LogP contribution is 2.46. The summed E-state index contributed by atoms with van der Waals surface area (Å²) < 4.78 is 13.2. The Morgan fingerprint density at radius 3 is 2.62 bits per heavy atom. The molecule has 0 spiro atoms. The van der Waals surface area contributed by atoms with Gasteiger partial charge in [0.15, 0.2) is 0 Å². The van der Waals surface area contributed by atoms with Crippen molar-refractivity contribution >= 4 is 22.7 Å². The standard InChI is InChI=1S/C26H20FN3O2/c27-16-11-9-15(10-12-16)14-28-25(31)22-13-20-17-5-3-4-8-21(17)29-23(20)24-18-6-1-2-7-19(18)26(32)30(22)24/h1-12,22,24,29H,13-14H2,(H,28,31)/t22-,24+/m1/s1. The van der Waals surface area contributed by atoms with Crippen LogP contribution < -0.4 is 5.32 Å². The summed E-state index contributed by atoms with van der Waals surface area (Å²) in [5.41, 5.74) is 5.42. The number of aromatic nitrogens is 1. The molecule has 158 valence electrons. The predicted molar refractivity (Wildman–Crippen MR) is 118 cm³/mol. The fourth-order valence-corrected chi connectivity index (χ4v) is 5.05. The number of nitrogens with one attached hydrogen (secondary N) is 2. The maximum absolute atomic E-state index is 13.4. The molecule has 4 aromatic rings. The lowest BCUT2D eigenvalue weighted by atomic mass is 9.90. The second-order valence-electron chi connectivity index (χ2n) is 8.33. The first-order valence-electron chi connectivity index (χ1n) is 10.6. The number of para-hydroxylation sites is 1. The third-order valence-electron chi connectivity index (χ3n) is 6.53. The van der Waals surface area contributed by atoms with Gasteiger partial charge in [0, 0.05) is 35.1 Å². The predicted octanol–water partition coefficient (Wildman–Crippen LogP) is 4.09. The molecule has 5 nitrogen and oxygen atoms in total. The van der Waals surface area contributed by atoms with Crippen LogP contribution in [-0.4, -0.2) is 27.7 Å². The fourth-order valence-electron chi connectivity index (χ4n) is 5.05. The van der Waals surface area contributed by atoms with Crippen LogP contribution in [0.3, 0.4) is 0 Å². The molecule has 3 aromatic carbocycles. The highest BCUT2D eigenvalue weighted by Gasteiger charge is 2.48. The van der Waals surface area contributed by atoms with Gasteiger partial charge < -0.3 is 15.2 Å². The van der Waals surface area contributed by atoms with Gasteiger partial charge in [0.1, 0.15) is 11.9 Å². The minimum atomic E-state index is -0.632. The number of rotatable bonds is 3. The van der Waals surface area contributed by atoms with Gasteiger partial charge in [-0.3, -0.25) is 9.59 Å². The highest BCUT2D eigenvalue weighted by molar-refractivity contribution is 6.03. The first-order chi connectivity index (χ1) is 15.6. The molecule has 3 heterocycles. The number of H-pyrrole nitrogens is 1. The number of hydrogen-bond donors (Lipinski definition) is 2. The Hall–Kier alpha value is -3.93. The van der Waals surface area contributed by atoms with Crippen molar-refractivity contribution in [2.24, 2.45) is 0 Å². The highest BCUT2D eigenvalue weighted by atomic mass is 19.1. The Balaban J connectivity index is 1.41. The van der Waals surface area contributed by atoms with E-state index in [1.807, 2.05) is 42.5 Å². The average Bonchev–Trinajstić information content (AvgIpc) is 3.34. The van der Waals surface area contributed by atoms with Gasteiger partial charge in [-0.25, -0.2) is 4.39 Å². The lowest BCUT2D eigenvalue weighted by molar-refractivity contribution is -0.126. The van der Waals surface area contributed by atoms with Gasteiger partial charge in [-0.05, 0) is 41.0 Å². The summed E-state index contributed by atoms with van der Waals surface area (Å²) in [6.45, 7) is 0.274. The van der Waals surface area contributed by atoms with Crippen LogP contribution in [0.2, 0.25) is 0 Å². The molecule has 0 aliphatic carbocycles. The molecule has 2 aliphatic rings. The summed E-state index contributed by atoms with van der Waals surface area (Å²) >= 11 is 0. The Labute approximate surface area is 183 Å². The monoisotopic (exact) mass is 425 g/mol. The van der Waals surface area contributed by atoms with Gasteiger partial charge in [-0.2, -0.15) is 0 Å². The number of hydrogen-bond acceptors (Lipinski definition) is 2. The molecule has 0 bridgehead atoms. The first kappa shape index (κ1) is 18.8. The average molecular weight is 425 g/mol. The normalized spacial score (nSPS) is 18.9. The van der Waals surface area contributed by atoms with E-state index >= 15 is 0 Å². The number of carbonyl (C=O) groups is 2. The number of fused-ring (bicyclic) bond motifs is 7. The van der Waals surface area contributed by atoms with E-state index in [1.165, 1.54) is 12.1 Å². The number of amides is 2. The topological polar surface area (TPSA) is 65.2 Å². The van der Waals surface area contributed by atoms with Crippen LogP contribution in [0.15, 0.2) is 72.8 Å². The zero-order valence-corrected chi connectivity index (χ0v) is 17.1. The molecule has 1 aromatic heterocycles. The lowest BCUT2D eigenvalue weighted by Crippen LogP contribution is -2.52. The zero-order valence-electron chi connectivity index (χ0n) is 17.1. The molecule has 0 fully saturated rings. The third kappa shape index (κ3) is 2.76. The summed E-state index contributed by atoms with van der Waals surface area (Å²) in [7, 11) is 0. The molecular weight excluding hydrogens is 405 g/mol. The third-order valence-corrected chi connectivity index (χ3v) is 6.53. The second kappa shape index (κ2) is 7.05. The van der Waals surface area contributed by atoms with E-state index in [2.05, 4.69) is 16.4 Å². The van der Waals surface area contributed by atoms with Crippen LogP contribution in [0, 0.1) is 5.82 Å². The molecule has 2 atom stereocenters. The van der Waals surface area contributed by atoms with Crippen LogP contribution >= 0.6 is 0 Å². The summed E-state index contributed by atoms with van der Waals surface area (Å²) in [6.07, 6.45) is 0.435. The number of carbonyl (C=O) groups excluding carboxylic acids is 2. The summed E-state index contributed by atoms with van der Waals surface area (Å²) in [4.78, 5) is 32.0. The molecule has 2 N–H and O–H groups in total. The smallest absolute Gasteiger partial charge is 0.255 e. The molecule has 6 heteroatoms. The van der Waals surface area contributed by atoms with Crippen molar-refractivity contribution in [2.45, 2.75) is 25.0 Å². The number of nitrogens with zero attached hydrogens (tertiary/aromatic N) is 1. The molecule has 0 saturated heterocycles. The van der Waals surface area contributed by atoms with Gasteiger partial charge in [0.05, 0.1) is 6.04 Å². The van der Waals surface area contributed by atoms with Crippen LogP contribution in [0.1, 0.15) is 38.8 Å². The van der Waals surface area contributed by atoms with E-state index in [-0.39, 0.29) is 30.2 Å². The molecule has 0 saturated carbocycles. The molecule has 2 amide bonds. The van der Waals surface area contributed by atoms with Crippen molar-refractivity contribution in [2.75, 3.05) is 0 Å². The van der Waals surface area contributed by atoms with Gasteiger partial charge in [0.25, 0.3) is 5.91 Å². The summed E-state index contributed by atoms with van der Waals surface area (Å²) in [5.74, 6) is -0.657. The molecule has 32 heavy (non-hydrogen) atoms. The minimum Gasteiger partial charge on any atom is -0.356 e. The Kier molecular flexibility index (Phi) is 4.15. The van der Waals surface area contributed by atoms with E-state index in [0.29, 0.717) is 12.0 Å². The minimum absolute atomic E-state index is 0.128. The van der Waals surface area contributed by atoms with E-state index in [1.54, 1.807) is 17.0 Å². The Bertz CT molecular complexity index is 1380. The van der Waals surface area contributed by atoms with Crippen LogP contribution in [0.4, 0.5) is 4.39 Å². The van der Waals surface area contributed by atoms with Crippen molar-refractivity contribution in [1.82, 2.24) is 15.2 Å². The number of halogens is 1. The van der Waals surface area contributed by atoms with E-state index in [0.717, 1.165) is 33.3 Å². The van der Waals surface area contributed by atoms with Gasteiger partial charge in [0.2, 0.25) is 5.91 Å². The van der Waals surface area contributed by atoms with E-state index in [9.17, 15) is 14.0 Å². The maximum atomic E-state index is 13.4. The maximum Gasteiger partial charge on any atom is 0.255 e.